The molecule has 2 aliphatic heterocycles. The van der Waals surface area contributed by atoms with E-state index in [4.69, 9.17) is 4.74 Å². The first-order valence-corrected chi connectivity index (χ1v) is 15.4. The van der Waals surface area contributed by atoms with Crippen molar-refractivity contribution < 1.29 is 24.4 Å². The number of carbonyl (C=O) groups is 2. The quantitative estimate of drug-likeness (QED) is 0.129. The van der Waals surface area contributed by atoms with Crippen LogP contribution in [0.1, 0.15) is 55.5 Å². The minimum absolute atomic E-state index is 0.163. The maximum absolute atomic E-state index is 13.9. The second-order valence-corrected chi connectivity index (χ2v) is 12.6. The molecule has 0 saturated carbocycles. The summed E-state index contributed by atoms with van der Waals surface area (Å²) in [5.41, 5.74) is 6.86. The van der Waals surface area contributed by atoms with Crippen molar-refractivity contribution in [1.29, 1.82) is 0 Å². The van der Waals surface area contributed by atoms with Gasteiger partial charge in [0.25, 0.3) is 5.69 Å². The van der Waals surface area contributed by atoms with E-state index in [0.717, 1.165) is 38.4 Å². The third kappa shape index (κ3) is 5.57. The zero-order valence-electron chi connectivity index (χ0n) is 25.9. The highest BCUT2D eigenvalue weighted by atomic mass is 16.6. The fourth-order valence-corrected chi connectivity index (χ4v) is 7.35. The molecule has 1 aromatic heterocycles. The molecule has 2 saturated heterocycles. The van der Waals surface area contributed by atoms with Gasteiger partial charge in [-0.3, -0.25) is 24.7 Å². The highest BCUT2D eigenvalue weighted by molar-refractivity contribution is 6.22. The number of nitrogens with zero attached hydrogens (tertiary/aromatic N) is 3. The van der Waals surface area contributed by atoms with E-state index in [1.807, 2.05) is 44.2 Å². The standard InChI is InChI=1S/C36H37N3O6/c1-20(2)27-18-28-33(36(42)38(35(28)41)25-8-7-9-26(17-25)39(43)44)29-19-45-31(32(27)29)12-11-24(30-10-5-6-13-37-30)16-23-14-21(3)34(40)22(4)15-23/h5-10,13-17,20,28-29,31,33,40H,11-12,18-19H2,1-4H3/b24-16-/t28-,29+,31-,33-/m1/s1. The number of amides is 2. The Labute approximate surface area is 262 Å². The molecule has 6 rings (SSSR count). The monoisotopic (exact) mass is 607 g/mol. The molecule has 0 radical (unpaired) electrons. The van der Waals surface area contributed by atoms with Crippen molar-refractivity contribution in [3.05, 3.63) is 104 Å². The van der Waals surface area contributed by atoms with Crippen LogP contribution in [0.15, 0.2) is 71.9 Å². The van der Waals surface area contributed by atoms with Gasteiger partial charge >= 0.3 is 0 Å². The zero-order chi connectivity index (χ0) is 32.0. The highest BCUT2D eigenvalue weighted by Crippen LogP contribution is 2.52. The molecule has 45 heavy (non-hydrogen) atoms. The molecule has 1 N–H and O–H groups in total. The number of non-ortho nitro benzene ring substituents is 1. The van der Waals surface area contributed by atoms with Crippen molar-refractivity contribution in [2.75, 3.05) is 11.5 Å². The number of phenolic OH excluding ortho intramolecular Hbond substituents is 1. The van der Waals surface area contributed by atoms with Crippen LogP contribution >= 0.6 is 0 Å². The van der Waals surface area contributed by atoms with Crippen LogP contribution in [0.2, 0.25) is 0 Å². The lowest BCUT2D eigenvalue weighted by Crippen LogP contribution is -2.35. The average Bonchev–Trinajstić information content (AvgIpc) is 3.55. The predicted molar refractivity (Wildman–Crippen MR) is 171 cm³/mol. The summed E-state index contributed by atoms with van der Waals surface area (Å²) in [6, 6.07) is 15.5. The molecular weight excluding hydrogens is 570 g/mol. The number of allylic oxidation sites excluding steroid dienone is 2. The Morgan fingerprint density at radius 3 is 2.51 bits per heavy atom. The molecule has 3 heterocycles. The number of ether oxygens (including phenoxy) is 1. The number of carbonyl (C=O) groups excluding carboxylic acids is 2. The van der Waals surface area contributed by atoms with Crippen LogP contribution in [0.5, 0.6) is 5.75 Å². The van der Waals surface area contributed by atoms with Crippen LogP contribution in [-0.2, 0) is 14.3 Å². The second kappa shape index (κ2) is 12.0. The normalized spacial score (nSPS) is 23.1. The van der Waals surface area contributed by atoms with Crippen molar-refractivity contribution in [3.63, 3.8) is 0 Å². The number of benzene rings is 2. The molecule has 9 nitrogen and oxygen atoms in total. The largest absolute Gasteiger partial charge is 0.507 e. The van der Waals surface area contributed by atoms with E-state index in [1.165, 1.54) is 23.8 Å². The molecule has 3 aromatic rings. The average molecular weight is 608 g/mol. The Bertz CT molecular complexity index is 1720. The number of aromatic hydroxyl groups is 1. The van der Waals surface area contributed by atoms with Crippen LogP contribution < -0.4 is 4.90 Å². The van der Waals surface area contributed by atoms with Gasteiger partial charge in [-0.25, -0.2) is 4.90 Å². The van der Waals surface area contributed by atoms with E-state index >= 15 is 0 Å². The third-order valence-corrected chi connectivity index (χ3v) is 9.46. The Kier molecular flexibility index (Phi) is 8.14. The summed E-state index contributed by atoms with van der Waals surface area (Å²) in [5, 5.41) is 21.7. The number of anilines is 1. The van der Waals surface area contributed by atoms with E-state index in [-0.39, 0.29) is 41.1 Å². The second-order valence-electron chi connectivity index (χ2n) is 12.6. The zero-order valence-corrected chi connectivity index (χ0v) is 25.9. The number of phenols is 1. The first-order valence-electron chi connectivity index (χ1n) is 15.4. The third-order valence-electron chi connectivity index (χ3n) is 9.46. The van der Waals surface area contributed by atoms with Gasteiger partial charge in [0.05, 0.1) is 40.9 Å². The lowest BCUT2D eigenvalue weighted by Gasteiger charge is -2.33. The number of nitro benzene ring substituents is 1. The van der Waals surface area contributed by atoms with Crippen LogP contribution in [0.3, 0.4) is 0 Å². The topological polar surface area (TPSA) is 123 Å². The molecule has 0 bridgehead atoms. The van der Waals surface area contributed by atoms with Gasteiger partial charge in [-0.2, -0.15) is 0 Å². The van der Waals surface area contributed by atoms with Gasteiger partial charge in [-0.1, -0.05) is 31.6 Å². The molecule has 1 aliphatic carbocycles. The smallest absolute Gasteiger partial charge is 0.271 e. The molecule has 9 heteroatoms. The summed E-state index contributed by atoms with van der Waals surface area (Å²) >= 11 is 0. The van der Waals surface area contributed by atoms with E-state index in [2.05, 4.69) is 24.9 Å². The number of pyridine rings is 1. The Balaban J connectivity index is 1.30. The molecular formula is C36H37N3O6. The highest BCUT2D eigenvalue weighted by Gasteiger charge is 2.57. The maximum atomic E-state index is 13.9. The van der Waals surface area contributed by atoms with Gasteiger partial charge in [-0.15, -0.1) is 0 Å². The summed E-state index contributed by atoms with van der Waals surface area (Å²) < 4.78 is 6.44. The van der Waals surface area contributed by atoms with Crippen molar-refractivity contribution in [1.82, 2.24) is 4.98 Å². The molecule has 4 atom stereocenters. The van der Waals surface area contributed by atoms with Crippen molar-refractivity contribution in [2.45, 2.75) is 53.1 Å². The van der Waals surface area contributed by atoms with Crippen molar-refractivity contribution in [3.8, 4) is 5.75 Å². The van der Waals surface area contributed by atoms with Crippen LogP contribution in [-0.4, -0.2) is 39.5 Å². The molecule has 0 spiro atoms. The Morgan fingerprint density at radius 1 is 1.09 bits per heavy atom. The molecule has 0 unspecified atom stereocenters. The summed E-state index contributed by atoms with van der Waals surface area (Å²) in [6.07, 6.45) is 5.49. The summed E-state index contributed by atoms with van der Waals surface area (Å²) in [7, 11) is 0. The maximum Gasteiger partial charge on any atom is 0.271 e. The van der Waals surface area contributed by atoms with Gasteiger partial charge in [0.15, 0.2) is 0 Å². The number of imide groups is 1. The Morgan fingerprint density at radius 2 is 1.84 bits per heavy atom. The number of hydrogen-bond acceptors (Lipinski definition) is 7. The number of fused-ring (bicyclic) bond motifs is 3. The summed E-state index contributed by atoms with van der Waals surface area (Å²) in [5.74, 6) is -1.46. The van der Waals surface area contributed by atoms with E-state index in [9.17, 15) is 24.8 Å². The summed E-state index contributed by atoms with van der Waals surface area (Å²) in [6.45, 7) is 8.35. The number of aromatic nitrogens is 1. The van der Waals surface area contributed by atoms with Gasteiger partial charge in [0.1, 0.15) is 5.75 Å². The van der Waals surface area contributed by atoms with Crippen LogP contribution in [0.25, 0.3) is 11.6 Å². The molecule has 2 amide bonds. The number of rotatable bonds is 8. The van der Waals surface area contributed by atoms with Gasteiger partial charge in [-0.05, 0) is 103 Å². The van der Waals surface area contributed by atoms with E-state index in [0.29, 0.717) is 31.6 Å². The number of nitro groups is 1. The van der Waals surface area contributed by atoms with Crippen molar-refractivity contribution in [2.24, 2.45) is 23.7 Å². The minimum atomic E-state index is -0.562. The molecule has 2 fully saturated rings. The fourth-order valence-electron chi connectivity index (χ4n) is 7.35. The molecule has 2 aromatic carbocycles. The van der Waals surface area contributed by atoms with E-state index in [1.54, 1.807) is 12.3 Å². The molecule has 3 aliphatic rings. The number of aryl methyl sites for hydroxylation is 2. The Hall–Kier alpha value is -4.63. The SMILES string of the molecule is Cc1cc(/C=C(/CC[C@H]2OC[C@H]3C2=C(C(C)C)C[C@H]2C(=O)N(c4cccc([N+](=O)[O-])c4)C(=O)[C@H]23)c2ccccn2)cc(C)c1O. The first kappa shape index (κ1) is 30.4. The van der Waals surface area contributed by atoms with Gasteiger partial charge in [0, 0.05) is 24.2 Å². The predicted octanol–water partition coefficient (Wildman–Crippen LogP) is 6.81. The first-order chi connectivity index (χ1) is 21.5. The van der Waals surface area contributed by atoms with Crippen molar-refractivity contribution >= 4 is 34.8 Å². The minimum Gasteiger partial charge on any atom is -0.507 e. The van der Waals surface area contributed by atoms with Crippen LogP contribution in [0, 0.1) is 47.6 Å². The molecule has 232 valence electrons. The lowest BCUT2D eigenvalue weighted by atomic mass is 9.67. The number of hydrogen-bond donors (Lipinski definition) is 1. The van der Waals surface area contributed by atoms with E-state index < -0.39 is 16.8 Å². The lowest BCUT2D eigenvalue weighted by molar-refractivity contribution is -0.384. The van der Waals surface area contributed by atoms with Gasteiger partial charge < -0.3 is 9.84 Å². The van der Waals surface area contributed by atoms with Gasteiger partial charge in [0.2, 0.25) is 11.8 Å². The fraction of sp³-hybridized carbons (Fsp3) is 0.361. The van der Waals surface area contributed by atoms with Crippen LogP contribution in [0.4, 0.5) is 11.4 Å². The summed E-state index contributed by atoms with van der Waals surface area (Å²) in [4.78, 5) is 44.3.